The van der Waals surface area contributed by atoms with Gasteiger partial charge in [-0.05, 0) is 52.4 Å². The van der Waals surface area contributed by atoms with Crippen molar-refractivity contribution in [2.24, 2.45) is 0 Å². The van der Waals surface area contributed by atoms with Crippen LogP contribution in [0.4, 0.5) is 4.39 Å². The minimum Gasteiger partial charge on any atom is -0.447 e. The van der Waals surface area contributed by atoms with Crippen LogP contribution in [0.1, 0.15) is 58.4 Å². The molecule has 180 valence electrons. The molecule has 0 atom stereocenters. The van der Waals surface area contributed by atoms with Crippen LogP contribution in [0.2, 0.25) is 0 Å². The number of hydrogen-bond donors (Lipinski definition) is 1. The van der Waals surface area contributed by atoms with Crippen LogP contribution < -0.4 is 5.32 Å². The number of hydrogen-bond acceptors (Lipinski definition) is 5. The van der Waals surface area contributed by atoms with Crippen LogP contribution in [0.15, 0.2) is 83.7 Å². The number of amides is 1. The summed E-state index contributed by atoms with van der Waals surface area (Å²) in [5.41, 5.74) is 4.60. The maximum Gasteiger partial charge on any atom is 0.273 e. The molecule has 0 aliphatic heterocycles. The second-order valence-electron chi connectivity index (χ2n) is 8.83. The number of nitrogens with one attached hydrogen (secondary N) is 1. The largest absolute Gasteiger partial charge is 0.447 e. The summed E-state index contributed by atoms with van der Waals surface area (Å²) in [6.45, 7) is 6.36. The molecule has 0 saturated heterocycles. The summed E-state index contributed by atoms with van der Waals surface area (Å²) in [5.74, 6) is 0.348. The van der Waals surface area contributed by atoms with Gasteiger partial charge in [-0.15, -0.1) is 0 Å². The van der Waals surface area contributed by atoms with Gasteiger partial charge in [0.05, 0.1) is 6.54 Å². The van der Waals surface area contributed by atoms with Gasteiger partial charge in [-0.3, -0.25) is 14.7 Å². The van der Waals surface area contributed by atoms with E-state index in [1.807, 2.05) is 12.1 Å². The number of benzene rings is 2. The third-order valence-electron chi connectivity index (χ3n) is 5.72. The smallest absolute Gasteiger partial charge is 0.273 e. The number of pyridine rings is 1. The molecule has 6 nitrogen and oxygen atoms in total. The van der Waals surface area contributed by atoms with Gasteiger partial charge < -0.3 is 9.73 Å². The molecule has 4 rings (SSSR count). The van der Waals surface area contributed by atoms with Crippen LogP contribution in [-0.4, -0.2) is 20.8 Å². The van der Waals surface area contributed by atoms with Gasteiger partial charge in [0.1, 0.15) is 12.1 Å². The van der Waals surface area contributed by atoms with Crippen molar-refractivity contribution >= 4 is 5.91 Å². The van der Waals surface area contributed by atoms with E-state index in [0.717, 1.165) is 16.7 Å². The molecule has 0 bridgehead atoms. The summed E-state index contributed by atoms with van der Waals surface area (Å²) < 4.78 is 19.0. The Balaban J connectivity index is 1.44. The number of carbonyl (C=O) groups is 1. The summed E-state index contributed by atoms with van der Waals surface area (Å²) in [5, 5.41) is 2.84. The molecule has 2 aromatic heterocycles. The fourth-order valence-corrected chi connectivity index (χ4v) is 3.73. The molecule has 4 aromatic rings. The van der Waals surface area contributed by atoms with E-state index in [0.29, 0.717) is 38.0 Å². The zero-order valence-electron chi connectivity index (χ0n) is 19.9. The average molecular weight is 473 g/mol. The number of nitrogens with zero attached hydrogens (tertiary/aromatic N) is 3. The Hall–Kier alpha value is -3.84. The van der Waals surface area contributed by atoms with Gasteiger partial charge in [-0.25, -0.2) is 9.37 Å². The molecule has 2 heterocycles. The zero-order chi connectivity index (χ0) is 24.6. The maximum absolute atomic E-state index is 13.4. The third kappa shape index (κ3) is 7.07. The number of carbonyl (C=O) groups excluding carboxylic acids is 1. The number of rotatable bonds is 10. The van der Waals surface area contributed by atoms with Crippen LogP contribution in [0.25, 0.3) is 0 Å². The molecule has 1 amide bonds. The summed E-state index contributed by atoms with van der Waals surface area (Å²) in [6.07, 6.45) is 4.74. The van der Waals surface area contributed by atoms with Gasteiger partial charge in [0.2, 0.25) is 5.89 Å². The van der Waals surface area contributed by atoms with Gasteiger partial charge in [0.15, 0.2) is 5.69 Å². The number of oxazole rings is 1. The van der Waals surface area contributed by atoms with Crippen molar-refractivity contribution in [2.45, 2.75) is 45.9 Å². The molecule has 2 aromatic carbocycles. The van der Waals surface area contributed by atoms with Crippen LogP contribution in [0.3, 0.4) is 0 Å². The van der Waals surface area contributed by atoms with E-state index in [4.69, 9.17) is 4.42 Å². The Morgan fingerprint density at radius 3 is 2.17 bits per heavy atom. The van der Waals surface area contributed by atoms with Crippen LogP contribution >= 0.6 is 0 Å². The fourth-order valence-electron chi connectivity index (χ4n) is 3.73. The van der Waals surface area contributed by atoms with Crippen molar-refractivity contribution in [3.63, 3.8) is 0 Å². The molecule has 0 saturated carbocycles. The molecular formula is C28H29FN4O2. The predicted octanol–water partition coefficient (Wildman–Crippen LogP) is 5.46. The predicted molar refractivity (Wildman–Crippen MR) is 132 cm³/mol. The summed E-state index contributed by atoms with van der Waals surface area (Å²) in [6, 6.07) is 18.7. The Morgan fingerprint density at radius 1 is 0.914 bits per heavy atom. The Kier molecular flexibility index (Phi) is 8.00. The molecule has 0 aliphatic carbocycles. The van der Waals surface area contributed by atoms with E-state index in [9.17, 15) is 9.18 Å². The van der Waals surface area contributed by atoms with Crippen molar-refractivity contribution < 1.29 is 13.6 Å². The van der Waals surface area contributed by atoms with E-state index in [2.05, 4.69) is 58.3 Å². The second-order valence-corrected chi connectivity index (χ2v) is 8.83. The van der Waals surface area contributed by atoms with Crippen molar-refractivity contribution in [1.82, 2.24) is 20.2 Å². The van der Waals surface area contributed by atoms with Gasteiger partial charge >= 0.3 is 0 Å². The van der Waals surface area contributed by atoms with E-state index < -0.39 is 0 Å². The normalized spacial score (nSPS) is 11.2. The molecule has 7 heteroatoms. The highest BCUT2D eigenvalue weighted by atomic mass is 19.1. The van der Waals surface area contributed by atoms with Crippen LogP contribution in [0.5, 0.6) is 0 Å². The van der Waals surface area contributed by atoms with Gasteiger partial charge in [0.25, 0.3) is 5.91 Å². The Morgan fingerprint density at radius 2 is 1.54 bits per heavy atom. The molecule has 1 N–H and O–H groups in total. The minimum absolute atomic E-state index is 0.233. The first kappa shape index (κ1) is 24.3. The maximum atomic E-state index is 13.4. The third-order valence-corrected chi connectivity index (χ3v) is 5.72. The van der Waals surface area contributed by atoms with E-state index >= 15 is 0 Å². The van der Waals surface area contributed by atoms with Crippen molar-refractivity contribution in [1.29, 1.82) is 0 Å². The SMILES string of the molecule is CC(C)c1ccc(CN(Cc2ccc(F)cc2)Cc2nc(C(=O)NCc3ccncc3)co2)cc1. The number of aromatic nitrogens is 2. The highest BCUT2D eigenvalue weighted by molar-refractivity contribution is 5.91. The van der Waals surface area contributed by atoms with E-state index in [1.54, 1.807) is 24.5 Å². The molecule has 0 unspecified atom stereocenters. The lowest BCUT2D eigenvalue weighted by Crippen LogP contribution is -2.24. The lowest BCUT2D eigenvalue weighted by Gasteiger charge is -2.21. The first-order valence-electron chi connectivity index (χ1n) is 11.6. The van der Waals surface area contributed by atoms with Crippen molar-refractivity contribution in [2.75, 3.05) is 0 Å². The number of halogens is 1. The lowest BCUT2D eigenvalue weighted by atomic mass is 10.0. The average Bonchev–Trinajstić information content (AvgIpc) is 3.33. The molecule has 35 heavy (non-hydrogen) atoms. The Labute approximate surface area is 204 Å². The second kappa shape index (κ2) is 11.5. The zero-order valence-corrected chi connectivity index (χ0v) is 19.9. The lowest BCUT2D eigenvalue weighted by molar-refractivity contribution is 0.0945. The summed E-state index contributed by atoms with van der Waals surface area (Å²) in [4.78, 5) is 23.1. The Bertz CT molecular complexity index is 1220. The topological polar surface area (TPSA) is 71.3 Å². The van der Waals surface area contributed by atoms with Crippen LogP contribution in [-0.2, 0) is 26.2 Å². The standard InChI is InChI=1S/C28H29FN4O2/c1-20(2)24-7-3-22(4-8-24)16-33(17-23-5-9-25(29)10-6-23)18-27-32-26(19-35-27)28(34)31-15-21-11-13-30-14-12-21/h3-14,19-20H,15-18H2,1-2H3,(H,31,34). The molecule has 0 aliphatic rings. The monoisotopic (exact) mass is 472 g/mol. The van der Waals surface area contributed by atoms with Gasteiger partial charge in [0, 0.05) is 32.0 Å². The quantitative estimate of drug-likeness (QED) is 0.332. The first-order chi connectivity index (χ1) is 17.0. The minimum atomic E-state index is -0.300. The van der Waals surface area contributed by atoms with E-state index in [1.165, 1.54) is 24.0 Å². The van der Waals surface area contributed by atoms with Crippen molar-refractivity contribution in [3.8, 4) is 0 Å². The first-order valence-corrected chi connectivity index (χ1v) is 11.6. The molecule has 0 spiro atoms. The van der Waals surface area contributed by atoms with Crippen molar-refractivity contribution in [3.05, 3.63) is 119 Å². The van der Waals surface area contributed by atoms with E-state index in [-0.39, 0.29) is 17.4 Å². The molecule has 0 fully saturated rings. The summed E-state index contributed by atoms with van der Waals surface area (Å²) in [7, 11) is 0. The highest BCUT2D eigenvalue weighted by Crippen LogP contribution is 2.18. The molecular weight excluding hydrogens is 443 g/mol. The van der Waals surface area contributed by atoms with Gasteiger partial charge in [-0.1, -0.05) is 50.2 Å². The van der Waals surface area contributed by atoms with Gasteiger partial charge in [-0.2, -0.15) is 0 Å². The summed E-state index contributed by atoms with van der Waals surface area (Å²) >= 11 is 0. The van der Waals surface area contributed by atoms with Crippen LogP contribution in [0, 0.1) is 5.82 Å². The highest BCUT2D eigenvalue weighted by Gasteiger charge is 2.16. The fraction of sp³-hybridized carbons (Fsp3) is 0.250. The molecule has 0 radical (unpaired) electrons.